The zero-order chi connectivity index (χ0) is 13.3. The van der Waals surface area contributed by atoms with Gasteiger partial charge in [-0.3, -0.25) is 4.68 Å². The summed E-state index contributed by atoms with van der Waals surface area (Å²) in [5.41, 5.74) is 2.97. The van der Waals surface area contributed by atoms with Gasteiger partial charge in [0.15, 0.2) is 11.6 Å². The summed E-state index contributed by atoms with van der Waals surface area (Å²) in [4.78, 5) is 0. The van der Waals surface area contributed by atoms with Gasteiger partial charge in [0.25, 0.3) is 0 Å². The van der Waals surface area contributed by atoms with E-state index < -0.39 is 11.6 Å². The van der Waals surface area contributed by atoms with Crippen LogP contribution in [0.1, 0.15) is 17.0 Å². The second kappa shape index (κ2) is 4.76. The third-order valence-corrected chi connectivity index (χ3v) is 3.00. The Kier molecular flexibility index (Phi) is 3.32. The predicted molar refractivity (Wildman–Crippen MR) is 66.4 cm³/mol. The molecule has 0 atom stereocenters. The minimum Gasteiger partial charge on any atom is -0.378 e. The topological polar surface area (TPSA) is 29.9 Å². The molecule has 0 fully saturated rings. The molecule has 0 amide bonds. The number of benzene rings is 1. The standard InChI is InChI=1S/C13H15F2N3/c1-8-13(9(2)18(3)17-8)16-7-10-5-4-6-11(14)12(10)15/h4-6,16H,7H2,1-3H3. The Balaban J connectivity index is 2.19. The van der Waals surface area contributed by atoms with Crippen LogP contribution in [-0.2, 0) is 13.6 Å². The van der Waals surface area contributed by atoms with Gasteiger partial charge >= 0.3 is 0 Å². The molecule has 1 aromatic carbocycles. The van der Waals surface area contributed by atoms with Gasteiger partial charge in [-0.1, -0.05) is 12.1 Å². The Morgan fingerprint density at radius 1 is 1.28 bits per heavy atom. The number of nitrogens with zero attached hydrogens (tertiary/aromatic N) is 2. The van der Waals surface area contributed by atoms with Crippen LogP contribution in [0.3, 0.4) is 0 Å². The van der Waals surface area contributed by atoms with Gasteiger partial charge in [0.2, 0.25) is 0 Å². The molecule has 96 valence electrons. The van der Waals surface area contributed by atoms with Crippen LogP contribution in [0.5, 0.6) is 0 Å². The van der Waals surface area contributed by atoms with E-state index in [1.54, 1.807) is 10.7 Å². The Morgan fingerprint density at radius 3 is 2.61 bits per heavy atom. The summed E-state index contributed by atoms with van der Waals surface area (Å²) < 4.78 is 28.3. The average Bonchev–Trinajstić information content (AvgIpc) is 2.56. The summed E-state index contributed by atoms with van der Waals surface area (Å²) in [6.45, 7) is 4.03. The minimum absolute atomic E-state index is 0.233. The molecular formula is C13H15F2N3. The van der Waals surface area contributed by atoms with Crippen LogP contribution in [0.15, 0.2) is 18.2 Å². The van der Waals surface area contributed by atoms with Gasteiger partial charge in [-0.2, -0.15) is 5.10 Å². The highest BCUT2D eigenvalue weighted by Gasteiger charge is 2.11. The fourth-order valence-electron chi connectivity index (χ4n) is 1.90. The molecule has 0 aliphatic heterocycles. The summed E-state index contributed by atoms with van der Waals surface area (Å²) in [6, 6.07) is 4.17. The maximum atomic E-state index is 13.5. The molecule has 5 heteroatoms. The molecule has 0 spiro atoms. The lowest BCUT2D eigenvalue weighted by molar-refractivity contribution is 0.500. The molecular weight excluding hydrogens is 236 g/mol. The first-order valence-corrected chi connectivity index (χ1v) is 5.67. The first-order valence-electron chi connectivity index (χ1n) is 5.67. The first kappa shape index (κ1) is 12.5. The first-order chi connectivity index (χ1) is 8.50. The summed E-state index contributed by atoms with van der Waals surface area (Å²) in [5.74, 6) is -1.63. The van der Waals surface area contributed by atoms with Crippen LogP contribution in [0.4, 0.5) is 14.5 Å². The Hall–Kier alpha value is -1.91. The zero-order valence-electron chi connectivity index (χ0n) is 10.6. The van der Waals surface area contributed by atoms with Gasteiger partial charge in [0.05, 0.1) is 17.1 Å². The molecule has 0 saturated heterocycles. The lowest BCUT2D eigenvalue weighted by Gasteiger charge is -2.08. The molecule has 18 heavy (non-hydrogen) atoms. The third kappa shape index (κ3) is 2.20. The SMILES string of the molecule is Cc1nn(C)c(C)c1NCc1cccc(F)c1F. The van der Waals surface area contributed by atoms with E-state index in [-0.39, 0.29) is 6.54 Å². The van der Waals surface area contributed by atoms with E-state index >= 15 is 0 Å². The van der Waals surface area contributed by atoms with E-state index in [0.717, 1.165) is 23.1 Å². The summed E-state index contributed by atoms with van der Waals surface area (Å²) >= 11 is 0. The average molecular weight is 251 g/mol. The highest BCUT2D eigenvalue weighted by Crippen LogP contribution is 2.20. The summed E-state index contributed by atoms with van der Waals surface area (Å²) in [7, 11) is 1.84. The molecule has 1 heterocycles. The predicted octanol–water partition coefficient (Wildman–Crippen LogP) is 2.93. The van der Waals surface area contributed by atoms with Crippen LogP contribution in [0.2, 0.25) is 0 Å². The van der Waals surface area contributed by atoms with Crippen molar-refractivity contribution in [3.05, 3.63) is 46.8 Å². The van der Waals surface area contributed by atoms with Gasteiger partial charge in [0.1, 0.15) is 0 Å². The van der Waals surface area contributed by atoms with Gasteiger partial charge in [-0.05, 0) is 19.9 Å². The van der Waals surface area contributed by atoms with E-state index in [4.69, 9.17) is 0 Å². The van der Waals surface area contributed by atoms with Crippen LogP contribution in [-0.4, -0.2) is 9.78 Å². The number of hydrogen-bond donors (Lipinski definition) is 1. The normalized spacial score (nSPS) is 10.7. The molecule has 2 rings (SSSR count). The van der Waals surface area contributed by atoms with Crippen molar-refractivity contribution in [3.8, 4) is 0 Å². The second-order valence-electron chi connectivity index (χ2n) is 4.24. The van der Waals surface area contributed by atoms with Crippen LogP contribution in [0, 0.1) is 25.5 Å². The Labute approximate surface area is 104 Å². The van der Waals surface area contributed by atoms with Crippen molar-refractivity contribution in [1.29, 1.82) is 0 Å². The molecule has 1 N–H and O–H groups in total. The van der Waals surface area contributed by atoms with Gasteiger partial charge in [-0.25, -0.2) is 8.78 Å². The fraction of sp³-hybridized carbons (Fsp3) is 0.308. The molecule has 0 aliphatic rings. The molecule has 1 aromatic heterocycles. The van der Waals surface area contributed by atoms with E-state index in [9.17, 15) is 8.78 Å². The lowest BCUT2D eigenvalue weighted by atomic mass is 10.2. The second-order valence-corrected chi connectivity index (χ2v) is 4.24. The molecule has 0 unspecified atom stereocenters. The highest BCUT2D eigenvalue weighted by atomic mass is 19.2. The third-order valence-electron chi connectivity index (χ3n) is 3.00. The smallest absolute Gasteiger partial charge is 0.163 e. The summed E-state index contributed by atoms with van der Waals surface area (Å²) in [5, 5.41) is 7.35. The van der Waals surface area contributed by atoms with Crippen molar-refractivity contribution < 1.29 is 8.78 Å². The van der Waals surface area contributed by atoms with Crippen molar-refractivity contribution in [3.63, 3.8) is 0 Å². The lowest BCUT2D eigenvalue weighted by Crippen LogP contribution is -2.04. The summed E-state index contributed by atoms with van der Waals surface area (Å²) in [6.07, 6.45) is 0. The van der Waals surface area contributed by atoms with E-state index in [1.165, 1.54) is 6.07 Å². The molecule has 0 aliphatic carbocycles. The maximum absolute atomic E-state index is 13.5. The molecule has 0 saturated carbocycles. The highest BCUT2D eigenvalue weighted by molar-refractivity contribution is 5.52. The number of aryl methyl sites for hydroxylation is 2. The number of anilines is 1. The van der Waals surface area contributed by atoms with Crippen molar-refractivity contribution in [2.75, 3.05) is 5.32 Å². The number of rotatable bonds is 3. The molecule has 3 nitrogen and oxygen atoms in total. The van der Waals surface area contributed by atoms with Crippen molar-refractivity contribution in [2.45, 2.75) is 20.4 Å². The van der Waals surface area contributed by atoms with E-state index in [0.29, 0.717) is 5.56 Å². The van der Waals surface area contributed by atoms with Gasteiger partial charge in [-0.15, -0.1) is 0 Å². The molecule has 2 aromatic rings. The number of nitrogens with one attached hydrogen (secondary N) is 1. The van der Waals surface area contributed by atoms with Gasteiger partial charge < -0.3 is 5.32 Å². The zero-order valence-corrected chi connectivity index (χ0v) is 10.6. The van der Waals surface area contributed by atoms with Crippen LogP contribution in [0.25, 0.3) is 0 Å². The monoisotopic (exact) mass is 251 g/mol. The Morgan fingerprint density at radius 2 is 2.00 bits per heavy atom. The van der Waals surface area contributed by atoms with Crippen LogP contribution >= 0.6 is 0 Å². The van der Waals surface area contributed by atoms with E-state index in [2.05, 4.69) is 10.4 Å². The minimum atomic E-state index is -0.825. The molecule has 0 radical (unpaired) electrons. The quantitative estimate of drug-likeness (QED) is 0.909. The largest absolute Gasteiger partial charge is 0.378 e. The van der Waals surface area contributed by atoms with Gasteiger partial charge in [0, 0.05) is 19.2 Å². The van der Waals surface area contributed by atoms with Crippen molar-refractivity contribution in [1.82, 2.24) is 9.78 Å². The van der Waals surface area contributed by atoms with Crippen molar-refractivity contribution >= 4 is 5.69 Å². The van der Waals surface area contributed by atoms with Crippen LogP contribution < -0.4 is 5.32 Å². The number of halogens is 2. The number of hydrogen-bond acceptors (Lipinski definition) is 2. The maximum Gasteiger partial charge on any atom is 0.163 e. The fourth-order valence-corrected chi connectivity index (χ4v) is 1.90. The Bertz CT molecular complexity index is 576. The van der Waals surface area contributed by atoms with Crippen molar-refractivity contribution in [2.24, 2.45) is 7.05 Å². The number of aromatic nitrogens is 2. The van der Waals surface area contributed by atoms with E-state index in [1.807, 2.05) is 20.9 Å². The molecule has 0 bridgehead atoms.